The molecule has 1 unspecified atom stereocenters. The van der Waals surface area contributed by atoms with Crippen molar-refractivity contribution < 1.29 is 4.74 Å². The minimum atomic E-state index is 0.116. The predicted octanol–water partition coefficient (Wildman–Crippen LogP) is 4.18. The van der Waals surface area contributed by atoms with E-state index in [4.69, 9.17) is 15.5 Å². The Balaban J connectivity index is 1.96. The number of thiazole rings is 1. The molecule has 1 aliphatic carbocycles. The van der Waals surface area contributed by atoms with Crippen molar-refractivity contribution in [3.05, 3.63) is 34.8 Å². The SMILES string of the molecule is CCOc1cccc(-c2nc3c(s2)C(N)CC(C)(C)C3)c1. The van der Waals surface area contributed by atoms with E-state index in [9.17, 15) is 0 Å². The first-order chi connectivity index (χ1) is 9.98. The number of nitrogens with two attached hydrogens (primary N) is 1. The molecule has 3 nitrogen and oxygen atoms in total. The molecule has 0 saturated heterocycles. The van der Waals surface area contributed by atoms with E-state index in [1.54, 1.807) is 11.3 Å². The lowest BCUT2D eigenvalue weighted by Gasteiger charge is -2.32. The van der Waals surface area contributed by atoms with Crippen molar-refractivity contribution in [2.24, 2.45) is 11.1 Å². The molecule has 0 aliphatic heterocycles. The molecule has 2 N–H and O–H groups in total. The van der Waals surface area contributed by atoms with E-state index in [1.165, 1.54) is 10.6 Å². The number of rotatable bonds is 3. The molecule has 2 aromatic rings. The summed E-state index contributed by atoms with van der Waals surface area (Å²) in [5.74, 6) is 0.896. The van der Waals surface area contributed by atoms with Crippen LogP contribution in [0.3, 0.4) is 0 Å². The van der Waals surface area contributed by atoms with E-state index in [1.807, 2.05) is 19.1 Å². The maximum atomic E-state index is 6.34. The largest absolute Gasteiger partial charge is 0.494 e. The lowest BCUT2D eigenvalue weighted by atomic mass is 9.77. The van der Waals surface area contributed by atoms with Gasteiger partial charge in [0.2, 0.25) is 0 Å². The quantitative estimate of drug-likeness (QED) is 0.925. The van der Waals surface area contributed by atoms with Gasteiger partial charge in [0, 0.05) is 16.5 Å². The molecule has 4 heteroatoms. The third kappa shape index (κ3) is 2.97. The average Bonchev–Trinajstić information content (AvgIpc) is 2.82. The van der Waals surface area contributed by atoms with Crippen LogP contribution < -0.4 is 10.5 Å². The van der Waals surface area contributed by atoms with Crippen molar-refractivity contribution in [2.45, 2.75) is 39.7 Å². The zero-order valence-corrected chi connectivity index (χ0v) is 13.7. The molecule has 0 bridgehead atoms. The molecule has 3 rings (SSSR count). The molecule has 0 fully saturated rings. The number of ether oxygens (including phenoxy) is 1. The molecule has 21 heavy (non-hydrogen) atoms. The van der Waals surface area contributed by atoms with Gasteiger partial charge in [0.25, 0.3) is 0 Å². The van der Waals surface area contributed by atoms with Crippen molar-refractivity contribution >= 4 is 11.3 Å². The molecule has 1 heterocycles. The standard InChI is InChI=1S/C17H22N2OS/c1-4-20-12-7-5-6-11(8-12)16-19-14-10-17(2,3)9-13(18)15(14)21-16/h5-8,13H,4,9-10,18H2,1-3H3. The van der Waals surface area contributed by atoms with E-state index in [-0.39, 0.29) is 11.5 Å². The lowest BCUT2D eigenvalue weighted by Crippen LogP contribution is -2.28. The normalized spacial score (nSPS) is 20.1. The second-order valence-corrected chi connectivity index (χ2v) is 7.47. The first kappa shape index (κ1) is 14.5. The Morgan fingerprint density at radius 1 is 1.43 bits per heavy atom. The lowest BCUT2D eigenvalue weighted by molar-refractivity contribution is 0.282. The average molecular weight is 302 g/mol. The van der Waals surface area contributed by atoms with Crippen LogP contribution in [-0.2, 0) is 6.42 Å². The molecule has 0 amide bonds. The summed E-state index contributed by atoms with van der Waals surface area (Å²) in [6.07, 6.45) is 2.04. The molecule has 0 spiro atoms. The fourth-order valence-electron chi connectivity index (χ4n) is 3.00. The summed E-state index contributed by atoms with van der Waals surface area (Å²) in [5, 5.41) is 1.05. The Labute approximate surface area is 130 Å². The van der Waals surface area contributed by atoms with E-state index in [2.05, 4.69) is 26.0 Å². The summed E-state index contributed by atoms with van der Waals surface area (Å²) in [7, 11) is 0. The Bertz CT molecular complexity index is 648. The van der Waals surface area contributed by atoms with Crippen LogP contribution in [0.15, 0.2) is 24.3 Å². The maximum absolute atomic E-state index is 6.34. The van der Waals surface area contributed by atoms with E-state index in [0.29, 0.717) is 6.61 Å². The topological polar surface area (TPSA) is 48.1 Å². The summed E-state index contributed by atoms with van der Waals surface area (Å²) >= 11 is 1.73. The zero-order chi connectivity index (χ0) is 15.0. The van der Waals surface area contributed by atoms with Crippen LogP contribution in [0.25, 0.3) is 10.6 Å². The zero-order valence-electron chi connectivity index (χ0n) is 12.8. The third-order valence-corrected chi connectivity index (χ3v) is 5.15. The van der Waals surface area contributed by atoms with Gasteiger partial charge in [-0.15, -0.1) is 11.3 Å². The van der Waals surface area contributed by atoms with Crippen LogP contribution in [0.5, 0.6) is 5.75 Å². The number of benzene rings is 1. The van der Waals surface area contributed by atoms with Gasteiger partial charge in [0.1, 0.15) is 10.8 Å². The van der Waals surface area contributed by atoms with Gasteiger partial charge in [-0.25, -0.2) is 4.98 Å². The van der Waals surface area contributed by atoms with Gasteiger partial charge < -0.3 is 10.5 Å². The summed E-state index contributed by atoms with van der Waals surface area (Å²) in [5.41, 5.74) is 8.87. The third-order valence-electron chi connectivity index (χ3n) is 3.87. The van der Waals surface area contributed by atoms with Crippen LogP contribution >= 0.6 is 11.3 Å². The summed E-state index contributed by atoms with van der Waals surface area (Å²) in [6.45, 7) is 7.21. The molecule has 0 saturated carbocycles. The van der Waals surface area contributed by atoms with Crippen molar-refractivity contribution in [1.29, 1.82) is 0 Å². The summed E-state index contributed by atoms with van der Waals surface area (Å²) in [6, 6.07) is 8.26. The molecule has 1 aromatic carbocycles. The Morgan fingerprint density at radius 3 is 3.00 bits per heavy atom. The molecule has 112 valence electrons. The van der Waals surface area contributed by atoms with Crippen LogP contribution in [-0.4, -0.2) is 11.6 Å². The minimum absolute atomic E-state index is 0.116. The van der Waals surface area contributed by atoms with Gasteiger partial charge in [-0.3, -0.25) is 0 Å². The highest BCUT2D eigenvalue weighted by Gasteiger charge is 2.33. The number of aromatic nitrogens is 1. The second-order valence-electron chi connectivity index (χ2n) is 6.44. The molecule has 1 aliphatic rings. The van der Waals surface area contributed by atoms with Gasteiger partial charge in [0.15, 0.2) is 0 Å². The number of hydrogen-bond acceptors (Lipinski definition) is 4. The molecular formula is C17H22N2OS. The Kier molecular flexibility index (Phi) is 3.76. The number of fused-ring (bicyclic) bond motifs is 1. The van der Waals surface area contributed by atoms with Gasteiger partial charge in [-0.05, 0) is 37.3 Å². The highest BCUT2D eigenvalue weighted by molar-refractivity contribution is 7.15. The smallest absolute Gasteiger partial charge is 0.124 e. The Morgan fingerprint density at radius 2 is 2.24 bits per heavy atom. The second kappa shape index (κ2) is 5.43. The van der Waals surface area contributed by atoms with Crippen LogP contribution in [0, 0.1) is 5.41 Å². The first-order valence-corrected chi connectivity index (χ1v) is 8.28. The van der Waals surface area contributed by atoms with Crippen LogP contribution in [0.4, 0.5) is 0 Å². The molecule has 1 aromatic heterocycles. The van der Waals surface area contributed by atoms with E-state index in [0.717, 1.165) is 29.2 Å². The van der Waals surface area contributed by atoms with Crippen LogP contribution in [0.2, 0.25) is 0 Å². The van der Waals surface area contributed by atoms with Crippen molar-refractivity contribution in [1.82, 2.24) is 4.98 Å². The van der Waals surface area contributed by atoms with Crippen molar-refractivity contribution in [3.8, 4) is 16.3 Å². The molecule has 1 atom stereocenters. The summed E-state index contributed by atoms with van der Waals surface area (Å²) in [4.78, 5) is 6.11. The van der Waals surface area contributed by atoms with Gasteiger partial charge in [0.05, 0.1) is 12.3 Å². The van der Waals surface area contributed by atoms with E-state index < -0.39 is 0 Å². The molecular weight excluding hydrogens is 280 g/mol. The minimum Gasteiger partial charge on any atom is -0.494 e. The Hall–Kier alpha value is -1.39. The number of nitrogens with zero attached hydrogens (tertiary/aromatic N) is 1. The van der Waals surface area contributed by atoms with Gasteiger partial charge >= 0.3 is 0 Å². The van der Waals surface area contributed by atoms with Crippen LogP contribution in [0.1, 0.15) is 43.8 Å². The first-order valence-electron chi connectivity index (χ1n) is 7.47. The maximum Gasteiger partial charge on any atom is 0.124 e. The highest BCUT2D eigenvalue weighted by Crippen LogP contribution is 2.43. The fraction of sp³-hybridized carbons (Fsp3) is 0.471. The fourth-order valence-corrected chi connectivity index (χ4v) is 4.08. The predicted molar refractivity (Wildman–Crippen MR) is 87.7 cm³/mol. The highest BCUT2D eigenvalue weighted by atomic mass is 32.1. The molecule has 0 radical (unpaired) electrons. The van der Waals surface area contributed by atoms with E-state index >= 15 is 0 Å². The van der Waals surface area contributed by atoms with Gasteiger partial charge in [-0.2, -0.15) is 0 Å². The van der Waals surface area contributed by atoms with Crippen molar-refractivity contribution in [2.75, 3.05) is 6.61 Å². The van der Waals surface area contributed by atoms with Gasteiger partial charge in [-0.1, -0.05) is 26.0 Å². The summed E-state index contributed by atoms with van der Waals surface area (Å²) < 4.78 is 5.58. The monoisotopic (exact) mass is 302 g/mol. The number of hydrogen-bond donors (Lipinski definition) is 1. The van der Waals surface area contributed by atoms with Crippen molar-refractivity contribution in [3.63, 3.8) is 0 Å².